The van der Waals surface area contributed by atoms with Gasteiger partial charge in [0.25, 0.3) is 0 Å². The Morgan fingerprint density at radius 1 is 1.70 bits per heavy atom. The largest absolute Gasteiger partial charge is 0.363 e. The fourth-order valence-electron chi connectivity index (χ4n) is 0.904. The van der Waals surface area contributed by atoms with Gasteiger partial charge in [-0.3, -0.25) is 0 Å². The highest BCUT2D eigenvalue weighted by Gasteiger charge is 2.27. The van der Waals surface area contributed by atoms with Gasteiger partial charge in [-0.15, -0.1) is 0 Å². The van der Waals surface area contributed by atoms with E-state index in [1.54, 1.807) is 0 Å². The number of nitrogens with one attached hydrogen (secondary N) is 1. The molecule has 0 aromatic rings. The predicted molar refractivity (Wildman–Crippen MR) is 47.1 cm³/mol. The molecule has 0 unspecified atom stereocenters. The molecule has 2 nitrogen and oxygen atoms in total. The number of nitrogens with zero attached hydrogens (tertiary/aromatic N) is 1. The lowest BCUT2D eigenvalue weighted by molar-refractivity contribution is 0.486. The van der Waals surface area contributed by atoms with Crippen molar-refractivity contribution in [3.05, 3.63) is 0 Å². The van der Waals surface area contributed by atoms with Crippen molar-refractivity contribution in [1.29, 1.82) is 0 Å². The molecule has 1 fully saturated rings. The smallest absolute Gasteiger partial charge is 0.168 e. The summed E-state index contributed by atoms with van der Waals surface area (Å²) in [5.41, 5.74) is 0. The Kier molecular flexibility index (Phi) is 2.49. The first-order chi connectivity index (χ1) is 4.75. The van der Waals surface area contributed by atoms with E-state index in [2.05, 4.69) is 24.2 Å². The van der Waals surface area contributed by atoms with Crippen molar-refractivity contribution in [3.8, 4) is 0 Å². The van der Waals surface area contributed by atoms with Crippen LogP contribution in [0.1, 0.15) is 19.8 Å². The summed E-state index contributed by atoms with van der Waals surface area (Å²) >= 11 is 5.11. The lowest BCUT2D eigenvalue weighted by Gasteiger charge is -2.19. The van der Waals surface area contributed by atoms with Crippen LogP contribution in [0.2, 0.25) is 0 Å². The fourth-order valence-corrected chi connectivity index (χ4v) is 1.20. The maximum atomic E-state index is 5.11. The summed E-state index contributed by atoms with van der Waals surface area (Å²) in [6, 6.07) is 0.728. The van der Waals surface area contributed by atoms with Crippen LogP contribution in [0.5, 0.6) is 0 Å². The van der Waals surface area contributed by atoms with Gasteiger partial charge in [-0.05, 0) is 32.0 Å². The molecular formula is C7H14N2S. The topological polar surface area (TPSA) is 15.3 Å². The first-order valence-corrected chi connectivity index (χ1v) is 4.17. The molecule has 3 heteroatoms. The Morgan fingerprint density at radius 2 is 2.30 bits per heavy atom. The molecule has 0 aliphatic heterocycles. The standard InChI is InChI=1S/C7H14N2S/c1-3-8-7(10)9(2)6-4-5-6/h6H,3-5H2,1-2H3,(H,8,10). The van der Waals surface area contributed by atoms with Gasteiger partial charge >= 0.3 is 0 Å². The highest BCUT2D eigenvalue weighted by atomic mass is 32.1. The van der Waals surface area contributed by atoms with E-state index in [4.69, 9.17) is 12.2 Å². The zero-order valence-electron chi connectivity index (χ0n) is 6.55. The molecule has 0 aromatic heterocycles. The van der Waals surface area contributed by atoms with E-state index in [-0.39, 0.29) is 0 Å². The van der Waals surface area contributed by atoms with Crippen LogP contribution in [0.4, 0.5) is 0 Å². The molecule has 0 radical (unpaired) electrons. The van der Waals surface area contributed by atoms with E-state index in [1.807, 2.05) is 0 Å². The second-order valence-electron chi connectivity index (χ2n) is 2.68. The molecule has 1 aliphatic carbocycles. The van der Waals surface area contributed by atoms with Gasteiger partial charge < -0.3 is 10.2 Å². The Bertz CT molecular complexity index is 132. The van der Waals surface area contributed by atoms with E-state index in [0.29, 0.717) is 0 Å². The van der Waals surface area contributed by atoms with Gasteiger partial charge in [0.1, 0.15) is 0 Å². The van der Waals surface area contributed by atoms with Crippen LogP contribution >= 0.6 is 12.2 Å². The van der Waals surface area contributed by atoms with Crippen molar-refractivity contribution >= 4 is 17.3 Å². The summed E-state index contributed by atoms with van der Waals surface area (Å²) in [7, 11) is 2.06. The van der Waals surface area contributed by atoms with E-state index in [0.717, 1.165) is 17.7 Å². The maximum Gasteiger partial charge on any atom is 0.168 e. The van der Waals surface area contributed by atoms with Gasteiger partial charge in [0.15, 0.2) is 5.11 Å². The van der Waals surface area contributed by atoms with Crippen LogP contribution in [0.3, 0.4) is 0 Å². The normalized spacial score (nSPS) is 16.6. The first kappa shape index (κ1) is 7.79. The van der Waals surface area contributed by atoms with Crippen molar-refractivity contribution in [2.75, 3.05) is 13.6 Å². The Balaban J connectivity index is 2.24. The minimum absolute atomic E-state index is 0.728. The highest BCUT2D eigenvalue weighted by Crippen LogP contribution is 2.25. The Morgan fingerprint density at radius 3 is 2.70 bits per heavy atom. The van der Waals surface area contributed by atoms with Crippen LogP contribution in [0.25, 0.3) is 0 Å². The summed E-state index contributed by atoms with van der Waals surface area (Å²) in [6.45, 7) is 2.99. The third-order valence-corrected chi connectivity index (χ3v) is 2.18. The van der Waals surface area contributed by atoms with Gasteiger partial charge in [0, 0.05) is 19.6 Å². The van der Waals surface area contributed by atoms with E-state index < -0.39 is 0 Å². The fraction of sp³-hybridized carbons (Fsp3) is 0.857. The van der Waals surface area contributed by atoms with Crippen LogP contribution in [0.15, 0.2) is 0 Å². The van der Waals surface area contributed by atoms with E-state index >= 15 is 0 Å². The monoisotopic (exact) mass is 158 g/mol. The number of hydrogen-bond donors (Lipinski definition) is 1. The minimum atomic E-state index is 0.728. The lowest BCUT2D eigenvalue weighted by Crippen LogP contribution is -2.38. The zero-order chi connectivity index (χ0) is 7.56. The minimum Gasteiger partial charge on any atom is -0.363 e. The quantitative estimate of drug-likeness (QED) is 0.603. The van der Waals surface area contributed by atoms with Crippen LogP contribution in [-0.2, 0) is 0 Å². The van der Waals surface area contributed by atoms with Crippen LogP contribution in [0, 0.1) is 0 Å². The van der Waals surface area contributed by atoms with Crippen molar-refractivity contribution in [1.82, 2.24) is 10.2 Å². The summed E-state index contributed by atoms with van der Waals surface area (Å²) in [5.74, 6) is 0. The van der Waals surface area contributed by atoms with Crippen LogP contribution < -0.4 is 5.32 Å². The third kappa shape index (κ3) is 1.84. The molecule has 1 saturated carbocycles. The Hall–Kier alpha value is -0.310. The van der Waals surface area contributed by atoms with Crippen LogP contribution in [-0.4, -0.2) is 29.6 Å². The van der Waals surface area contributed by atoms with Crippen molar-refractivity contribution in [2.45, 2.75) is 25.8 Å². The van der Waals surface area contributed by atoms with Gasteiger partial charge in [0.05, 0.1) is 0 Å². The first-order valence-electron chi connectivity index (χ1n) is 3.76. The van der Waals surface area contributed by atoms with E-state index in [9.17, 15) is 0 Å². The molecule has 1 aliphatic rings. The molecule has 1 rings (SSSR count). The van der Waals surface area contributed by atoms with Crippen molar-refractivity contribution in [2.24, 2.45) is 0 Å². The number of thiocarbonyl (C=S) groups is 1. The van der Waals surface area contributed by atoms with Crippen molar-refractivity contribution in [3.63, 3.8) is 0 Å². The average molecular weight is 158 g/mol. The SMILES string of the molecule is CCNC(=S)N(C)C1CC1. The summed E-state index contributed by atoms with van der Waals surface area (Å²) < 4.78 is 0. The molecule has 0 amide bonds. The lowest BCUT2D eigenvalue weighted by atomic mass is 10.6. The molecule has 0 bridgehead atoms. The second kappa shape index (κ2) is 3.19. The molecule has 10 heavy (non-hydrogen) atoms. The maximum absolute atomic E-state index is 5.11. The molecule has 0 spiro atoms. The molecular weight excluding hydrogens is 144 g/mol. The predicted octanol–water partition coefficient (Wildman–Crippen LogP) is 0.975. The number of rotatable bonds is 2. The van der Waals surface area contributed by atoms with Gasteiger partial charge in [-0.1, -0.05) is 0 Å². The molecule has 1 N–H and O–H groups in total. The van der Waals surface area contributed by atoms with Gasteiger partial charge in [-0.25, -0.2) is 0 Å². The molecule has 0 atom stereocenters. The van der Waals surface area contributed by atoms with Crippen molar-refractivity contribution < 1.29 is 0 Å². The summed E-state index contributed by atoms with van der Waals surface area (Å²) in [6.07, 6.45) is 2.62. The summed E-state index contributed by atoms with van der Waals surface area (Å²) in [4.78, 5) is 2.15. The molecule has 0 heterocycles. The van der Waals surface area contributed by atoms with Gasteiger partial charge in [-0.2, -0.15) is 0 Å². The average Bonchev–Trinajstić information content (AvgIpc) is 2.68. The molecule has 0 saturated heterocycles. The zero-order valence-corrected chi connectivity index (χ0v) is 7.37. The van der Waals surface area contributed by atoms with E-state index in [1.165, 1.54) is 12.8 Å². The third-order valence-electron chi connectivity index (χ3n) is 1.74. The number of hydrogen-bond acceptors (Lipinski definition) is 1. The highest BCUT2D eigenvalue weighted by molar-refractivity contribution is 7.80. The van der Waals surface area contributed by atoms with Gasteiger partial charge in [0.2, 0.25) is 0 Å². The molecule has 0 aromatic carbocycles. The molecule has 58 valence electrons. The second-order valence-corrected chi connectivity index (χ2v) is 3.06. The Labute approximate surface area is 67.6 Å². The summed E-state index contributed by atoms with van der Waals surface area (Å²) in [5, 5.41) is 4.02.